The zero-order valence-electron chi connectivity index (χ0n) is 20.2. The smallest absolute Gasteiger partial charge is 0.326 e. The average molecular weight is 484 g/mol. The molecule has 6 nitrogen and oxygen atoms in total. The summed E-state index contributed by atoms with van der Waals surface area (Å²) >= 11 is 0. The van der Waals surface area contributed by atoms with Crippen LogP contribution < -0.4 is 14.4 Å². The van der Waals surface area contributed by atoms with Crippen molar-refractivity contribution >= 4 is 17.6 Å². The maximum Gasteiger partial charge on any atom is 0.326 e. The molecule has 0 unspecified atom stereocenters. The molecule has 0 aliphatic carbocycles. The molecule has 8 heteroatoms. The summed E-state index contributed by atoms with van der Waals surface area (Å²) in [6.07, 6.45) is 0. The van der Waals surface area contributed by atoms with Crippen LogP contribution in [0, 0.1) is 11.6 Å². The van der Waals surface area contributed by atoms with Gasteiger partial charge in [-0.15, -0.1) is 0 Å². The lowest BCUT2D eigenvalue weighted by Crippen LogP contribution is -2.39. The lowest BCUT2D eigenvalue weighted by Gasteiger charge is -2.26. The second-order valence-electron chi connectivity index (χ2n) is 8.66. The molecule has 0 aliphatic rings. The molecule has 0 atom stereocenters. The van der Waals surface area contributed by atoms with Crippen molar-refractivity contribution in [2.75, 3.05) is 25.7 Å². The highest BCUT2D eigenvalue weighted by Crippen LogP contribution is 2.39. The van der Waals surface area contributed by atoms with Crippen LogP contribution in [0.25, 0.3) is 11.1 Å². The van der Waals surface area contributed by atoms with E-state index in [0.29, 0.717) is 22.6 Å². The van der Waals surface area contributed by atoms with E-state index < -0.39 is 41.2 Å². The Labute approximate surface area is 203 Å². The number of esters is 1. The molecule has 0 heterocycles. The molecule has 3 aromatic carbocycles. The van der Waals surface area contributed by atoms with Crippen LogP contribution in [0.3, 0.4) is 0 Å². The van der Waals surface area contributed by atoms with Crippen molar-refractivity contribution in [3.8, 4) is 22.6 Å². The van der Waals surface area contributed by atoms with Gasteiger partial charge in [-0.05, 0) is 62.7 Å². The van der Waals surface area contributed by atoms with Crippen molar-refractivity contribution in [1.29, 1.82) is 0 Å². The predicted octanol–water partition coefficient (Wildman–Crippen LogP) is 5.64. The molecule has 184 valence electrons. The maximum absolute atomic E-state index is 14.5. The Morgan fingerprint density at radius 1 is 0.857 bits per heavy atom. The number of halogens is 2. The van der Waals surface area contributed by atoms with Crippen LogP contribution in [0.1, 0.15) is 31.1 Å². The number of carbonyl (C=O) groups excluding carboxylic acids is 2. The molecular formula is C27H27F2NO5. The summed E-state index contributed by atoms with van der Waals surface area (Å²) in [6, 6.07) is 15.0. The van der Waals surface area contributed by atoms with Gasteiger partial charge < -0.3 is 14.2 Å². The van der Waals surface area contributed by atoms with Crippen LogP contribution in [-0.4, -0.2) is 38.2 Å². The molecule has 0 aromatic heterocycles. The summed E-state index contributed by atoms with van der Waals surface area (Å²) in [6.45, 7) is 4.49. The summed E-state index contributed by atoms with van der Waals surface area (Å²) in [5.41, 5.74) is -0.138. The van der Waals surface area contributed by atoms with Crippen molar-refractivity contribution < 1.29 is 32.6 Å². The Hall–Kier alpha value is -3.94. The first-order valence-corrected chi connectivity index (χ1v) is 10.8. The monoisotopic (exact) mass is 483 g/mol. The third-order valence-corrected chi connectivity index (χ3v) is 5.00. The lowest BCUT2D eigenvalue weighted by molar-refractivity contribution is -0.152. The quantitative estimate of drug-likeness (QED) is 0.407. The highest BCUT2D eigenvalue weighted by molar-refractivity contribution is 6.09. The summed E-state index contributed by atoms with van der Waals surface area (Å²) in [5, 5.41) is 0. The maximum atomic E-state index is 14.5. The minimum absolute atomic E-state index is 0.231. The van der Waals surface area contributed by atoms with Gasteiger partial charge in [0.2, 0.25) is 0 Å². The normalized spacial score (nSPS) is 11.1. The standard InChI is InChI=1S/C27H27F2NO5/c1-27(2,3)35-23(31)16-30(26(32)25-19(28)11-7-12-20(25)29)18-10-6-9-17(15-18)24-21(33-4)13-8-14-22(24)34-5/h6-15H,16H2,1-5H3. The highest BCUT2D eigenvalue weighted by Gasteiger charge is 2.28. The Morgan fingerprint density at radius 3 is 1.94 bits per heavy atom. The third kappa shape index (κ3) is 5.95. The first kappa shape index (κ1) is 25.7. The van der Waals surface area contributed by atoms with E-state index in [1.54, 1.807) is 63.2 Å². The number of nitrogens with zero attached hydrogens (tertiary/aromatic N) is 1. The molecule has 0 N–H and O–H groups in total. The van der Waals surface area contributed by atoms with E-state index in [4.69, 9.17) is 14.2 Å². The Kier molecular flexibility index (Phi) is 7.74. The minimum Gasteiger partial charge on any atom is -0.496 e. The van der Waals surface area contributed by atoms with Gasteiger partial charge in [-0.25, -0.2) is 8.78 Å². The zero-order chi connectivity index (χ0) is 25.8. The Bertz CT molecular complexity index is 1190. The molecule has 1 amide bonds. The van der Waals surface area contributed by atoms with Gasteiger partial charge in [0, 0.05) is 5.69 Å². The Morgan fingerprint density at radius 2 is 1.40 bits per heavy atom. The molecule has 0 saturated heterocycles. The van der Waals surface area contributed by atoms with Crippen molar-refractivity contribution in [3.05, 3.63) is 77.9 Å². The minimum atomic E-state index is -1.04. The van der Waals surface area contributed by atoms with E-state index >= 15 is 0 Å². The fourth-order valence-corrected chi connectivity index (χ4v) is 3.59. The van der Waals surface area contributed by atoms with Gasteiger partial charge in [0.15, 0.2) is 0 Å². The van der Waals surface area contributed by atoms with Crippen molar-refractivity contribution in [3.63, 3.8) is 0 Å². The first-order chi connectivity index (χ1) is 16.6. The van der Waals surface area contributed by atoms with Gasteiger partial charge in [-0.3, -0.25) is 14.5 Å². The topological polar surface area (TPSA) is 65.1 Å². The largest absolute Gasteiger partial charge is 0.496 e. The second-order valence-corrected chi connectivity index (χ2v) is 8.66. The van der Waals surface area contributed by atoms with Gasteiger partial charge in [0.25, 0.3) is 5.91 Å². The van der Waals surface area contributed by atoms with Crippen LogP contribution in [0.4, 0.5) is 14.5 Å². The number of ether oxygens (including phenoxy) is 3. The molecule has 0 saturated carbocycles. The summed E-state index contributed by atoms with van der Waals surface area (Å²) in [4.78, 5) is 27.0. The van der Waals surface area contributed by atoms with Crippen LogP contribution >= 0.6 is 0 Å². The summed E-state index contributed by atoms with van der Waals surface area (Å²) in [7, 11) is 3.03. The number of amides is 1. The number of benzene rings is 3. The second kappa shape index (κ2) is 10.5. The van der Waals surface area contributed by atoms with Crippen molar-refractivity contribution in [2.45, 2.75) is 26.4 Å². The number of hydrogen-bond donors (Lipinski definition) is 0. The molecule has 0 bridgehead atoms. The van der Waals surface area contributed by atoms with Crippen molar-refractivity contribution in [1.82, 2.24) is 0 Å². The fraction of sp³-hybridized carbons (Fsp3) is 0.259. The van der Waals surface area contributed by atoms with Gasteiger partial charge in [-0.2, -0.15) is 0 Å². The van der Waals surface area contributed by atoms with Crippen LogP contribution in [-0.2, 0) is 9.53 Å². The molecule has 35 heavy (non-hydrogen) atoms. The SMILES string of the molecule is COc1cccc(OC)c1-c1cccc(N(CC(=O)OC(C)(C)C)C(=O)c2c(F)cccc2F)c1. The fourth-order valence-electron chi connectivity index (χ4n) is 3.59. The van der Waals surface area contributed by atoms with Gasteiger partial charge >= 0.3 is 5.97 Å². The van der Waals surface area contributed by atoms with Crippen LogP contribution in [0.2, 0.25) is 0 Å². The number of methoxy groups -OCH3 is 2. The predicted molar refractivity (Wildman–Crippen MR) is 129 cm³/mol. The van der Waals surface area contributed by atoms with E-state index in [1.165, 1.54) is 14.2 Å². The number of hydrogen-bond acceptors (Lipinski definition) is 5. The first-order valence-electron chi connectivity index (χ1n) is 10.8. The lowest BCUT2D eigenvalue weighted by atomic mass is 10.0. The van der Waals surface area contributed by atoms with Crippen LogP contribution in [0.5, 0.6) is 11.5 Å². The number of anilines is 1. The molecule has 3 rings (SSSR count). The van der Waals surface area contributed by atoms with Crippen LogP contribution in [0.15, 0.2) is 60.7 Å². The zero-order valence-corrected chi connectivity index (χ0v) is 20.2. The number of carbonyl (C=O) groups is 2. The third-order valence-electron chi connectivity index (χ3n) is 5.00. The van der Waals surface area contributed by atoms with Crippen molar-refractivity contribution in [2.24, 2.45) is 0 Å². The molecule has 0 fully saturated rings. The summed E-state index contributed by atoms with van der Waals surface area (Å²) < 4.78 is 45.3. The molecule has 3 aromatic rings. The number of rotatable bonds is 7. The summed E-state index contributed by atoms with van der Waals surface area (Å²) in [5.74, 6) is -2.78. The molecule has 0 aliphatic heterocycles. The van der Waals surface area contributed by atoms with Gasteiger partial charge in [0.05, 0.1) is 19.8 Å². The Balaban J connectivity index is 2.13. The molecule has 0 radical (unpaired) electrons. The average Bonchev–Trinajstić information content (AvgIpc) is 2.80. The van der Waals surface area contributed by atoms with E-state index in [-0.39, 0.29) is 5.69 Å². The van der Waals surface area contributed by atoms with E-state index in [9.17, 15) is 18.4 Å². The molecule has 0 spiro atoms. The van der Waals surface area contributed by atoms with Gasteiger partial charge in [0.1, 0.15) is 40.8 Å². The van der Waals surface area contributed by atoms with E-state index in [2.05, 4.69) is 0 Å². The van der Waals surface area contributed by atoms with Gasteiger partial charge in [-0.1, -0.05) is 24.3 Å². The van der Waals surface area contributed by atoms with E-state index in [1.807, 2.05) is 0 Å². The molecular weight excluding hydrogens is 456 g/mol. The van der Waals surface area contributed by atoms with E-state index in [0.717, 1.165) is 23.1 Å². The highest BCUT2D eigenvalue weighted by atomic mass is 19.1.